The topological polar surface area (TPSA) is 8.82 Å². The van der Waals surface area contributed by atoms with Crippen molar-refractivity contribution in [2.24, 2.45) is 0 Å². The summed E-state index contributed by atoms with van der Waals surface area (Å²) >= 11 is 0. The molecule has 4 aromatic heterocycles. The van der Waals surface area contributed by atoms with E-state index in [2.05, 4.69) is 206 Å². The summed E-state index contributed by atoms with van der Waals surface area (Å²) in [6, 6.07) is 64.8. The Morgan fingerprint density at radius 3 is 1.08 bits per heavy atom. The van der Waals surface area contributed by atoms with Crippen molar-refractivity contribution in [3.63, 3.8) is 0 Å². The third-order valence-electron chi connectivity index (χ3n) is 15.6. The Morgan fingerprint density at radius 2 is 0.629 bits per heavy atom. The number of fused-ring (bicyclic) bond motifs is 20. The monoisotopic (exact) mass is 788 g/mol. The predicted molar refractivity (Wildman–Crippen MR) is 262 cm³/mol. The van der Waals surface area contributed by atoms with Gasteiger partial charge in [0.05, 0.1) is 33.1 Å². The van der Waals surface area contributed by atoms with E-state index < -0.39 is 0 Å². The summed E-state index contributed by atoms with van der Waals surface area (Å²) in [5, 5.41) is 10.6. The van der Waals surface area contributed by atoms with Crippen molar-refractivity contribution in [3.8, 4) is 44.5 Å². The highest BCUT2D eigenvalue weighted by atomic mass is 14.9. The van der Waals surface area contributed by atoms with E-state index in [4.69, 9.17) is 0 Å². The van der Waals surface area contributed by atoms with Crippen LogP contribution in [0.2, 0.25) is 0 Å². The van der Waals surface area contributed by atoms with E-state index in [0.717, 1.165) is 0 Å². The Morgan fingerprint density at radius 1 is 0.290 bits per heavy atom. The number of rotatable bonds is 2. The Balaban J connectivity index is 1.01. The van der Waals surface area contributed by atoms with Crippen LogP contribution in [0.1, 0.15) is 49.9 Å². The molecule has 0 unspecified atom stereocenters. The van der Waals surface area contributed by atoms with Gasteiger partial charge in [0.25, 0.3) is 0 Å². The Labute approximate surface area is 358 Å². The van der Waals surface area contributed by atoms with E-state index in [0.29, 0.717) is 0 Å². The summed E-state index contributed by atoms with van der Waals surface area (Å²) in [5.41, 5.74) is 23.7. The molecule has 9 aromatic carbocycles. The summed E-state index contributed by atoms with van der Waals surface area (Å²) in [6.07, 6.45) is 0. The molecule has 0 spiro atoms. The second-order valence-electron chi connectivity index (χ2n) is 19.2. The molecule has 15 rings (SSSR count). The maximum Gasteiger partial charge on any atom is 0.0634 e. The second kappa shape index (κ2) is 10.9. The van der Waals surface area contributed by atoms with E-state index in [1.807, 2.05) is 0 Å². The van der Waals surface area contributed by atoms with Gasteiger partial charge in [0.2, 0.25) is 0 Å². The second-order valence-corrected chi connectivity index (χ2v) is 19.2. The number of aromatic nitrogens is 2. The molecule has 4 heterocycles. The van der Waals surface area contributed by atoms with Crippen molar-refractivity contribution in [2.45, 2.75) is 38.5 Å². The number of hydrogen-bond acceptors (Lipinski definition) is 0. The lowest BCUT2D eigenvalue weighted by Crippen LogP contribution is -2.14. The molecule has 0 atom stereocenters. The Kier molecular flexibility index (Phi) is 5.86. The van der Waals surface area contributed by atoms with Crippen LogP contribution in [0.4, 0.5) is 0 Å². The van der Waals surface area contributed by atoms with E-state index >= 15 is 0 Å². The van der Waals surface area contributed by atoms with E-state index in [1.165, 1.54) is 143 Å². The van der Waals surface area contributed by atoms with Crippen molar-refractivity contribution in [3.05, 3.63) is 192 Å². The van der Waals surface area contributed by atoms with Gasteiger partial charge < -0.3 is 8.80 Å². The molecular weight excluding hydrogens is 749 g/mol. The molecule has 0 saturated heterocycles. The third kappa shape index (κ3) is 3.77. The van der Waals surface area contributed by atoms with Crippen LogP contribution in [0.25, 0.3) is 121 Å². The van der Waals surface area contributed by atoms with Crippen LogP contribution in [0.15, 0.2) is 170 Å². The van der Waals surface area contributed by atoms with Gasteiger partial charge in [-0.2, -0.15) is 0 Å². The van der Waals surface area contributed by atoms with Gasteiger partial charge in [0.15, 0.2) is 0 Å². The van der Waals surface area contributed by atoms with Crippen molar-refractivity contribution in [2.75, 3.05) is 0 Å². The van der Waals surface area contributed by atoms with Gasteiger partial charge in [-0.05, 0) is 103 Å². The molecule has 0 bridgehead atoms. The molecule has 62 heavy (non-hydrogen) atoms. The largest absolute Gasteiger partial charge is 0.308 e. The first-order valence-electron chi connectivity index (χ1n) is 22.1. The quantitative estimate of drug-likeness (QED) is 0.165. The fourth-order valence-electron chi connectivity index (χ4n) is 12.7. The number of nitrogens with zero attached hydrogens (tertiary/aromatic N) is 2. The zero-order valence-corrected chi connectivity index (χ0v) is 35.1. The highest BCUT2D eigenvalue weighted by Gasteiger charge is 2.37. The lowest BCUT2D eigenvalue weighted by Gasteiger charge is -2.22. The van der Waals surface area contributed by atoms with Crippen molar-refractivity contribution >= 4 is 76.2 Å². The first-order valence-corrected chi connectivity index (χ1v) is 22.1. The lowest BCUT2D eigenvalue weighted by atomic mass is 9.81. The van der Waals surface area contributed by atoms with Gasteiger partial charge in [0, 0.05) is 53.9 Å². The molecule has 0 radical (unpaired) electrons. The lowest BCUT2D eigenvalue weighted by molar-refractivity contribution is 0.660. The molecule has 0 fully saturated rings. The molecule has 2 aliphatic carbocycles. The summed E-state index contributed by atoms with van der Waals surface area (Å²) in [5.74, 6) is 0. The fraction of sp³-hybridized carbons (Fsp3) is 0.100. The van der Waals surface area contributed by atoms with Crippen molar-refractivity contribution < 1.29 is 0 Å². The van der Waals surface area contributed by atoms with E-state index in [1.54, 1.807) is 0 Å². The summed E-state index contributed by atoms with van der Waals surface area (Å²) in [6.45, 7) is 9.49. The van der Waals surface area contributed by atoms with Gasteiger partial charge in [-0.15, -0.1) is 0 Å². The molecule has 2 aliphatic rings. The maximum atomic E-state index is 2.59. The molecule has 290 valence electrons. The minimum absolute atomic E-state index is 0.0522. The average Bonchev–Trinajstić information content (AvgIpc) is 4.11. The number of benzene rings is 9. The average molecular weight is 789 g/mol. The Bertz CT molecular complexity index is 3880. The molecule has 0 N–H and O–H groups in total. The summed E-state index contributed by atoms with van der Waals surface area (Å²) < 4.78 is 5.18. The standard InChI is InChI=1S/C60H40N2/c1-59(2)45-17-9-5-13-37(45)39-25-21-33(29-47(39)59)35-23-27-43-51(31-35)61-49-19-11-7-15-41(49)54-56-44-28-24-36(34-22-26-40-38-14-6-10-18-46(38)60(3,4)48(40)30-34)32-52(44)62-50-20-12-8-16-42(50)53(58(56)62)55(43)57(54)61/h5-32H,1-4H3. The zero-order chi connectivity index (χ0) is 41.0. The number of hydrogen-bond donors (Lipinski definition) is 0. The normalized spacial score (nSPS) is 15.0. The SMILES string of the molecule is CC1(C)c2ccccc2-c2ccc(-c3ccc4c5c6c7ccccc7n7c8cc(-c9ccc%10c(c9)C(C)(C)c9ccccc9-%10)ccc8c(c8c9ccccc9n(c4c3)c85)c67)cc21. The van der Waals surface area contributed by atoms with Crippen molar-refractivity contribution in [1.29, 1.82) is 0 Å². The van der Waals surface area contributed by atoms with Crippen LogP contribution >= 0.6 is 0 Å². The summed E-state index contributed by atoms with van der Waals surface area (Å²) in [7, 11) is 0. The van der Waals surface area contributed by atoms with Crippen LogP contribution in [-0.2, 0) is 10.8 Å². The van der Waals surface area contributed by atoms with Gasteiger partial charge in [-0.3, -0.25) is 0 Å². The van der Waals surface area contributed by atoms with Gasteiger partial charge >= 0.3 is 0 Å². The smallest absolute Gasteiger partial charge is 0.0634 e. The molecule has 0 amide bonds. The minimum Gasteiger partial charge on any atom is -0.308 e. The number of para-hydroxylation sites is 2. The van der Waals surface area contributed by atoms with Crippen LogP contribution in [-0.4, -0.2) is 8.80 Å². The molecule has 2 heteroatoms. The van der Waals surface area contributed by atoms with E-state index in [9.17, 15) is 0 Å². The molecule has 2 nitrogen and oxygen atoms in total. The van der Waals surface area contributed by atoms with Crippen LogP contribution in [0.5, 0.6) is 0 Å². The molecule has 13 aromatic rings. The minimum atomic E-state index is -0.0522. The molecule has 0 aliphatic heterocycles. The fourth-order valence-corrected chi connectivity index (χ4v) is 12.7. The molecule has 0 saturated carbocycles. The maximum absolute atomic E-state index is 2.59. The highest BCUT2D eigenvalue weighted by molar-refractivity contribution is 6.45. The zero-order valence-electron chi connectivity index (χ0n) is 35.1. The third-order valence-corrected chi connectivity index (χ3v) is 15.6. The molecular formula is C60H40N2. The van der Waals surface area contributed by atoms with Crippen LogP contribution in [0, 0.1) is 0 Å². The predicted octanol–water partition coefficient (Wildman–Crippen LogP) is 15.9. The van der Waals surface area contributed by atoms with Crippen LogP contribution in [0.3, 0.4) is 0 Å². The Hall–Kier alpha value is -7.42. The van der Waals surface area contributed by atoms with E-state index in [-0.39, 0.29) is 10.8 Å². The highest BCUT2D eigenvalue weighted by Crippen LogP contribution is 2.54. The van der Waals surface area contributed by atoms with Crippen LogP contribution < -0.4 is 0 Å². The van der Waals surface area contributed by atoms with Gasteiger partial charge in [0.1, 0.15) is 0 Å². The summed E-state index contributed by atoms with van der Waals surface area (Å²) in [4.78, 5) is 0. The first-order chi connectivity index (χ1) is 30.3. The van der Waals surface area contributed by atoms with Gasteiger partial charge in [-0.1, -0.05) is 161 Å². The van der Waals surface area contributed by atoms with Gasteiger partial charge in [-0.25, -0.2) is 0 Å². The first kappa shape index (κ1) is 33.3. The van der Waals surface area contributed by atoms with Crippen molar-refractivity contribution in [1.82, 2.24) is 8.80 Å².